The summed E-state index contributed by atoms with van der Waals surface area (Å²) in [6.07, 6.45) is 0. The molecule has 0 aliphatic heterocycles. The zero-order chi connectivity index (χ0) is 13.9. The Labute approximate surface area is 124 Å². The smallest absolute Gasteiger partial charge is 0.358 e. The third kappa shape index (κ3) is 3.70. The Kier molecular flexibility index (Phi) is 4.47. The van der Waals surface area contributed by atoms with Gasteiger partial charge in [0.1, 0.15) is 5.75 Å². The van der Waals surface area contributed by atoms with Gasteiger partial charge in [-0.25, -0.2) is 0 Å². The molecule has 0 amide bonds. The molecule has 0 aliphatic carbocycles. The summed E-state index contributed by atoms with van der Waals surface area (Å²) in [5.74, 6) is 0.878. The Bertz CT molecular complexity index is 541. The van der Waals surface area contributed by atoms with Crippen LogP contribution in [0, 0.1) is 7.14 Å². The van der Waals surface area contributed by atoms with Crippen LogP contribution >= 0.6 is 0 Å². The van der Waals surface area contributed by atoms with E-state index >= 15 is 0 Å². The van der Waals surface area contributed by atoms with E-state index in [0.29, 0.717) is 0 Å². The number of ether oxygens (including phenoxy) is 1. The van der Waals surface area contributed by atoms with Crippen LogP contribution in [0.25, 0.3) is 0 Å². The summed E-state index contributed by atoms with van der Waals surface area (Å²) in [7, 11) is 1.67. The number of halogens is 1. The van der Waals surface area contributed by atoms with Crippen molar-refractivity contribution in [2.24, 2.45) is 0 Å². The minimum atomic E-state index is -0.789. The van der Waals surface area contributed by atoms with Crippen molar-refractivity contribution in [2.45, 2.75) is 19.4 Å². The van der Waals surface area contributed by atoms with E-state index in [1.54, 1.807) is 7.11 Å². The van der Waals surface area contributed by atoms with Crippen molar-refractivity contribution in [1.29, 1.82) is 0 Å². The highest BCUT2D eigenvalue weighted by Gasteiger charge is 2.27. The summed E-state index contributed by atoms with van der Waals surface area (Å²) in [6.45, 7) is 3.67. The highest BCUT2D eigenvalue weighted by molar-refractivity contribution is 5.22. The lowest BCUT2D eigenvalue weighted by atomic mass is 9.99. The molecular weight excluding hydrogens is 351 g/mol. The lowest BCUT2D eigenvalue weighted by Crippen LogP contribution is -3.61. The van der Waals surface area contributed by atoms with Gasteiger partial charge in [0.25, 0.3) is 0 Å². The van der Waals surface area contributed by atoms with Crippen LogP contribution in [-0.4, -0.2) is 12.2 Å². The third-order valence-electron chi connectivity index (χ3n) is 2.79. The summed E-state index contributed by atoms with van der Waals surface area (Å²) in [4.78, 5) is 0. The minimum Gasteiger partial charge on any atom is -0.497 e. The quantitative estimate of drug-likeness (QED) is 0.773. The first-order chi connectivity index (χ1) is 9.00. The van der Waals surface area contributed by atoms with Gasteiger partial charge in [0.05, 0.1) is 12.7 Å². The Hall–Kier alpha value is -1.07. The predicted molar refractivity (Wildman–Crippen MR) is 72.1 cm³/mol. The Morgan fingerprint density at radius 1 is 1.00 bits per heavy atom. The van der Waals surface area contributed by atoms with E-state index in [1.807, 2.05) is 44.2 Å². The van der Waals surface area contributed by atoms with Crippen LogP contribution in [0.4, 0.5) is 0 Å². The molecule has 2 rings (SSSR count). The average molecular weight is 369 g/mol. The molecule has 0 saturated carbocycles. The van der Waals surface area contributed by atoms with E-state index in [4.69, 9.17) is 4.74 Å². The molecule has 2 aromatic rings. The number of hydrogen-bond acceptors (Lipinski definition) is 2. The van der Waals surface area contributed by atoms with Gasteiger partial charge in [-0.2, -0.15) is 0 Å². The molecule has 0 heterocycles. The molecule has 2 nitrogen and oxygen atoms in total. The molecule has 1 N–H and O–H groups in total. The van der Waals surface area contributed by atoms with Gasteiger partial charge in [-0.05, 0) is 44.2 Å². The maximum Gasteiger partial charge on any atom is 0.358 e. The summed E-state index contributed by atoms with van der Waals surface area (Å²) >= 11 is -0.293. The van der Waals surface area contributed by atoms with E-state index in [0.717, 1.165) is 11.3 Å². The molecule has 0 radical (unpaired) electrons. The molecule has 0 saturated heterocycles. The fraction of sp³-hybridized carbons (Fsp3) is 0.250. The SMILES string of the molecule is COc1ccc([I+]c2ccccc2C(C)(C)O)cc1. The maximum absolute atomic E-state index is 10.2. The van der Waals surface area contributed by atoms with E-state index in [9.17, 15) is 5.11 Å². The maximum atomic E-state index is 10.2. The summed E-state index contributed by atoms with van der Waals surface area (Å²) in [5.41, 5.74) is 0.238. The highest BCUT2D eigenvalue weighted by atomic mass is 127. The fourth-order valence-corrected chi connectivity index (χ4v) is 4.70. The zero-order valence-corrected chi connectivity index (χ0v) is 13.5. The van der Waals surface area contributed by atoms with Gasteiger partial charge >= 0.3 is 21.2 Å². The summed E-state index contributed by atoms with van der Waals surface area (Å²) < 4.78 is 7.75. The van der Waals surface area contributed by atoms with Crippen LogP contribution in [0.5, 0.6) is 5.75 Å². The molecule has 0 atom stereocenters. The average Bonchev–Trinajstić information content (AvgIpc) is 2.39. The van der Waals surface area contributed by atoms with Crippen molar-refractivity contribution < 1.29 is 31.0 Å². The molecular formula is C16H18IO2+. The van der Waals surface area contributed by atoms with Crippen molar-refractivity contribution in [2.75, 3.05) is 7.11 Å². The van der Waals surface area contributed by atoms with Crippen LogP contribution in [-0.2, 0) is 5.60 Å². The predicted octanol–water partition coefficient (Wildman–Crippen LogP) is 0.0510. The number of aliphatic hydroxyl groups is 1. The molecule has 0 fully saturated rings. The molecule has 3 heteroatoms. The van der Waals surface area contributed by atoms with Crippen molar-refractivity contribution >= 4 is 0 Å². The molecule has 2 aromatic carbocycles. The molecule has 0 unspecified atom stereocenters. The van der Waals surface area contributed by atoms with Gasteiger partial charge in [-0.1, -0.05) is 18.2 Å². The van der Waals surface area contributed by atoms with E-state index in [1.165, 1.54) is 7.14 Å². The van der Waals surface area contributed by atoms with Crippen molar-refractivity contribution in [3.8, 4) is 5.75 Å². The topological polar surface area (TPSA) is 29.5 Å². The first-order valence-electron chi connectivity index (χ1n) is 6.11. The van der Waals surface area contributed by atoms with Crippen molar-refractivity contribution in [3.63, 3.8) is 0 Å². The lowest BCUT2D eigenvalue weighted by molar-refractivity contribution is -0.599. The van der Waals surface area contributed by atoms with Crippen LogP contribution < -0.4 is 25.9 Å². The molecule has 0 aliphatic rings. The van der Waals surface area contributed by atoms with Crippen LogP contribution in [0.3, 0.4) is 0 Å². The van der Waals surface area contributed by atoms with E-state index < -0.39 is 5.60 Å². The summed E-state index contributed by atoms with van der Waals surface area (Å²) in [6, 6.07) is 16.3. The molecule has 100 valence electrons. The van der Waals surface area contributed by atoms with Gasteiger partial charge < -0.3 is 9.84 Å². The van der Waals surface area contributed by atoms with Crippen LogP contribution in [0.1, 0.15) is 19.4 Å². The fourth-order valence-electron chi connectivity index (χ4n) is 1.79. The second-order valence-corrected chi connectivity index (χ2v) is 7.74. The highest BCUT2D eigenvalue weighted by Crippen LogP contribution is 2.18. The lowest BCUT2D eigenvalue weighted by Gasteiger charge is -2.16. The van der Waals surface area contributed by atoms with Crippen LogP contribution in [0.2, 0.25) is 0 Å². The number of benzene rings is 2. The second-order valence-electron chi connectivity index (χ2n) is 4.79. The molecule has 0 aromatic heterocycles. The van der Waals surface area contributed by atoms with Gasteiger partial charge in [0.2, 0.25) is 0 Å². The largest absolute Gasteiger partial charge is 0.497 e. The van der Waals surface area contributed by atoms with Crippen LogP contribution in [0.15, 0.2) is 48.5 Å². The third-order valence-corrected chi connectivity index (χ3v) is 5.66. The number of rotatable bonds is 4. The number of hydrogen-bond donors (Lipinski definition) is 1. The Morgan fingerprint density at radius 3 is 2.21 bits per heavy atom. The Morgan fingerprint density at radius 2 is 1.63 bits per heavy atom. The number of methoxy groups -OCH3 is 1. The molecule has 19 heavy (non-hydrogen) atoms. The first kappa shape index (κ1) is 14.3. The van der Waals surface area contributed by atoms with Gasteiger partial charge in [-0.3, -0.25) is 0 Å². The zero-order valence-electron chi connectivity index (χ0n) is 11.4. The minimum absolute atomic E-state index is 0.293. The first-order valence-corrected chi connectivity index (χ1v) is 8.27. The van der Waals surface area contributed by atoms with Gasteiger partial charge in [0.15, 0.2) is 7.14 Å². The molecule has 0 spiro atoms. The Balaban J connectivity index is 2.28. The second kappa shape index (κ2) is 5.92. The van der Waals surface area contributed by atoms with Crippen molar-refractivity contribution in [3.05, 3.63) is 61.2 Å². The molecule has 0 bridgehead atoms. The normalized spacial score (nSPS) is 11.4. The standard InChI is InChI=1S/C16H18IO2/c1-16(2,18)14-6-4-5-7-15(14)17-12-8-10-13(19-3)11-9-12/h4-11,18H,1-3H3/q+1. The summed E-state index contributed by atoms with van der Waals surface area (Å²) in [5, 5.41) is 10.2. The van der Waals surface area contributed by atoms with E-state index in [2.05, 4.69) is 18.2 Å². The van der Waals surface area contributed by atoms with E-state index in [-0.39, 0.29) is 21.2 Å². The van der Waals surface area contributed by atoms with Gasteiger partial charge in [0, 0.05) is 5.56 Å². The monoisotopic (exact) mass is 369 g/mol. The van der Waals surface area contributed by atoms with Gasteiger partial charge in [-0.15, -0.1) is 0 Å². The van der Waals surface area contributed by atoms with Crippen molar-refractivity contribution in [1.82, 2.24) is 0 Å².